The molecule has 15 nitrogen and oxygen atoms in total. The van der Waals surface area contributed by atoms with Crippen molar-refractivity contribution in [3.05, 3.63) is 0 Å². The van der Waals surface area contributed by atoms with Crippen molar-refractivity contribution in [2.24, 2.45) is 0 Å². The number of aliphatic hydroxyl groups excluding tert-OH is 9. The number of hydrogen-bond donors (Lipinski definition) is 9. The van der Waals surface area contributed by atoms with Crippen molar-refractivity contribution in [3.8, 4) is 0 Å². The van der Waals surface area contributed by atoms with E-state index in [1.165, 1.54) is 7.11 Å². The molecule has 3 saturated heterocycles. The second-order valence-corrected chi connectivity index (χ2v) is 8.81. The summed E-state index contributed by atoms with van der Waals surface area (Å²) in [5.41, 5.74) is 0. The Morgan fingerprint density at radius 3 is 1.69 bits per heavy atom. The van der Waals surface area contributed by atoms with Gasteiger partial charge in [0.1, 0.15) is 67.1 Å². The molecule has 3 heterocycles. The lowest BCUT2D eigenvalue weighted by molar-refractivity contribution is -0.369. The Labute approximate surface area is 200 Å². The zero-order valence-electron chi connectivity index (χ0n) is 19.3. The van der Waals surface area contributed by atoms with Gasteiger partial charge in [0, 0.05) is 7.11 Å². The summed E-state index contributed by atoms with van der Waals surface area (Å²) in [4.78, 5) is 0. The molecule has 35 heavy (non-hydrogen) atoms. The van der Waals surface area contributed by atoms with Crippen molar-refractivity contribution < 1.29 is 74.4 Å². The van der Waals surface area contributed by atoms with E-state index in [-0.39, 0.29) is 0 Å². The summed E-state index contributed by atoms with van der Waals surface area (Å²) < 4.78 is 32.5. The van der Waals surface area contributed by atoms with Gasteiger partial charge in [-0.15, -0.1) is 0 Å². The Hall–Kier alpha value is -0.600. The SMILES string of the molecule is CCC1OC(OCC2OC(OC)C(OC3OC(CO)C(O)C(O)C3O)C(O)C2O)C(O)C(O)C1O. The molecule has 0 aromatic carbocycles. The maximum Gasteiger partial charge on any atom is 0.187 e. The smallest absolute Gasteiger partial charge is 0.187 e. The molecule has 0 aromatic heterocycles. The van der Waals surface area contributed by atoms with Crippen LogP contribution in [0, 0.1) is 0 Å². The van der Waals surface area contributed by atoms with Crippen molar-refractivity contribution >= 4 is 0 Å². The van der Waals surface area contributed by atoms with Crippen molar-refractivity contribution in [2.75, 3.05) is 20.3 Å². The van der Waals surface area contributed by atoms with Crippen LogP contribution in [0.15, 0.2) is 0 Å². The van der Waals surface area contributed by atoms with Gasteiger partial charge in [0.25, 0.3) is 0 Å². The van der Waals surface area contributed by atoms with E-state index in [2.05, 4.69) is 0 Å². The topological polar surface area (TPSA) is 237 Å². The molecule has 15 heteroatoms. The fourth-order valence-corrected chi connectivity index (χ4v) is 4.29. The van der Waals surface area contributed by atoms with E-state index in [1.807, 2.05) is 0 Å². The summed E-state index contributed by atoms with van der Waals surface area (Å²) in [5.74, 6) is 0. The minimum Gasteiger partial charge on any atom is -0.394 e. The summed E-state index contributed by atoms with van der Waals surface area (Å²) in [6.07, 6.45) is -21.5. The predicted octanol–water partition coefficient (Wildman–Crippen LogP) is -5.50. The highest BCUT2D eigenvalue weighted by Gasteiger charge is 2.51. The van der Waals surface area contributed by atoms with Crippen molar-refractivity contribution in [2.45, 2.75) is 105 Å². The zero-order chi connectivity index (χ0) is 26.0. The third-order valence-corrected chi connectivity index (χ3v) is 6.51. The summed E-state index contributed by atoms with van der Waals surface area (Å²) >= 11 is 0. The van der Waals surface area contributed by atoms with E-state index >= 15 is 0 Å². The Morgan fingerprint density at radius 1 is 0.600 bits per heavy atom. The van der Waals surface area contributed by atoms with Crippen LogP contribution in [0.4, 0.5) is 0 Å². The lowest BCUT2D eigenvalue weighted by Gasteiger charge is -2.46. The first-order chi connectivity index (χ1) is 16.5. The summed E-state index contributed by atoms with van der Waals surface area (Å²) in [5, 5.41) is 90.7. The van der Waals surface area contributed by atoms with Crippen LogP contribution in [0.25, 0.3) is 0 Å². The molecule has 3 aliphatic heterocycles. The third kappa shape index (κ3) is 5.95. The number of rotatable bonds is 8. The van der Waals surface area contributed by atoms with Gasteiger partial charge in [0.05, 0.1) is 19.3 Å². The monoisotopic (exact) mass is 516 g/mol. The quantitative estimate of drug-likeness (QED) is 0.146. The number of ether oxygens (including phenoxy) is 6. The second-order valence-electron chi connectivity index (χ2n) is 8.81. The zero-order valence-corrected chi connectivity index (χ0v) is 19.3. The Morgan fingerprint density at radius 2 is 1.11 bits per heavy atom. The Kier molecular flexibility index (Phi) is 10.2. The molecular formula is C20H36O15. The van der Waals surface area contributed by atoms with Crippen molar-refractivity contribution in [3.63, 3.8) is 0 Å². The van der Waals surface area contributed by atoms with Gasteiger partial charge in [-0.05, 0) is 6.42 Å². The number of hydrogen-bond acceptors (Lipinski definition) is 15. The van der Waals surface area contributed by atoms with Gasteiger partial charge >= 0.3 is 0 Å². The van der Waals surface area contributed by atoms with Gasteiger partial charge in [0.2, 0.25) is 0 Å². The highest BCUT2D eigenvalue weighted by atomic mass is 16.8. The van der Waals surface area contributed by atoms with Crippen LogP contribution >= 0.6 is 0 Å². The van der Waals surface area contributed by atoms with Crippen LogP contribution in [0.1, 0.15) is 13.3 Å². The molecule has 15 atom stereocenters. The minimum absolute atomic E-state index is 0.328. The average Bonchev–Trinajstić information content (AvgIpc) is 2.85. The van der Waals surface area contributed by atoms with Gasteiger partial charge in [-0.25, -0.2) is 0 Å². The first-order valence-corrected chi connectivity index (χ1v) is 11.4. The summed E-state index contributed by atoms with van der Waals surface area (Å²) in [6.45, 7) is 0.592. The first kappa shape index (κ1) is 29.0. The van der Waals surface area contributed by atoms with Crippen molar-refractivity contribution in [1.82, 2.24) is 0 Å². The van der Waals surface area contributed by atoms with E-state index in [1.54, 1.807) is 6.92 Å². The fraction of sp³-hybridized carbons (Fsp3) is 1.00. The highest BCUT2D eigenvalue weighted by Crippen LogP contribution is 2.30. The average molecular weight is 516 g/mol. The molecular weight excluding hydrogens is 480 g/mol. The van der Waals surface area contributed by atoms with Gasteiger partial charge < -0.3 is 74.4 Å². The highest BCUT2D eigenvalue weighted by molar-refractivity contribution is 4.94. The maximum atomic E-state index is 10.7. The molecule has 15 unspecified atom stereocenters. The molecule has 0 aromatic rings. The molecule has 0 radical (unpaired) electrons. The largest absolute Gasteiger partial charge is 0.394 e. The number of aliphatic hydroxyl groups is 9. The van der Waals surface area contributed by atoms with E-state index in [0.717, 1.165) is 0 Å². The molecule has 3 aliphatic rings. The molecule has 9 N–H and O–H groups in total. The molecule has 0 bridgehead atoms. The van der Waals surface area contributed by atoms with Gasteiger partial charge in [-0.1, -0.05) is 6.92 Å². The molecule has 0 amide bonds. The van der Waals surface area contributed by atoms with Crippen LogP contribution in [-0.2, 0) is 28.4 Å². The van der Waals surface area contributed by atoms with Crippen molar-refractivity contribution in [1.29, 1.82) is 0 Å². The van der Waals surface area contributed by atoms with E-state index in [0.29, 0.717) is 6.42 Å². The van der Waals surface area contributed by atoms with Crippen LogP contribution < -0.4 is 0 Å². The van der Waals surface area contributed by atoms with E-state index in [9.17, 15) is 46.0 Å². The van der Waals surface area contributed by atoms with E-state index < -0.39 is 105 Å². The van der Waals surface area contributed by atoms with Crippen LogP contribution in [0.5, 0.6) is 0 Å². The van der Waals surface area contributed by atoms with Crippen LogP contribution in [0.3, 0.4) is 0 Å². The maximum absolute atomic E-state index is 10.7. The Balaban J connectivity index is 1.63. The molecule has 206 valence electrons. The van der Waals surface area contributed by atoms with E-state index in [4.69, 9.17) is 28.4 Å². The predicted molar refractivity (Wildman–Crippen MR) is 109 cm³/mol. The molecule has 0 spiro atoms. The molecule has 3 rings (SSSR count). The van der Waals surface area contributed by atoms with Gasteiger partial charge in [0.15, 0.2) is 18.9 Å². The van der Waals surface area contributed by atoms with Gasteiger partial charge in [-0.3, -0.25) is 0 Å². The summed E-state index contributed by atoms with van der Waals surface area (Å²) in [6, 6.07) is 0. The molecule has 0 saturated carbocycles. The molecule has 3 fully saturated rings. The lowest BCUT2D eigenvalue weighted by Crippen LogP contribution is -2.65. The van der Waals surface area contributed by atoms with Crippen LogP contribution in [0.2, 0.25) is 0 Å². The lowest BCUT2D eigenvalue weighted by atomic mass is 9.96. The minimum atomic E-state index is -1.76. The normalized spacial score (nSPS) is 51.3. The Bertz CT molecular complexity index is 648. The number of methoxy groups -OCH3 is 1. The standard InChI is InChI=1S/C20H36O15/c1-3-6-9(22)12(25)15(28)18(32-6)31-5-8-11(24)14(27)17(20(30-2)34-8)35-19-16(29)13(26)10(23)7(4-21)33-19/h6-29H,3-5H2,1-2H3. The van der Waals surface area contributed by atoms with Gasteiger partial charge in [-0.2, -0.15) is 0 Å². The molecule has 0 aliphatic carbocycles. The fourth-order valence-electron chi connectivity index (χ4n) is 4.29. The third-order valence-electron chi connectivity index (χ3n) is 6.51. The second kappa shape index (κ2) is 12.3. The first-order valence-electron chi connectivity index (χ1n) is 11.4. The van der Waals surface area contributed by atoms with Crippen LogP contribution in [-0.4, -0.2) is 158 Å². The summed E-state index contributed by atoms with van der Waals surface area (Å²) in [7, 11) is 1.22.